The van der Waals surface area contributed by atoms with Crippen LogP contribution in [-0.2, 0) is 6.54 Å². The van der Waals surface area contributed by atoms with Crippen LogP contribution in [0.3, 0.4) is 0 Å². The number of anilines is 1. The van der Waals surface area contributed by atoms with E-state index in [0.717, 1.165) is 6.07 Å². The second kappa shape index (κ2) is 4.82. The summed E-state index contributed by atoms with van der Waals surface area (Å²) in [5.74, 6) is -1.58. The van der Waals surface area contributed by atoms with Gasteiger partial charge in [-0.25, -0.2) is 4.39 Å². The molecule has 0 aliphatic heterocycles. The van der Waals surface area contributed by atoms with Gasteiger partial charge in [-0.3, -0.25) is 10.1 Å². The summed E-state index contributed by atoms with van der Waals surface area (Å²) >= 11 is 0. The Balaban J connectivity index is 2.22. The first-order valence-electron chi connectivity index (χ1n) is 4.97. The molecule has 5 nitrogen and oxygen atoms in total. The van der Waals surface area contributed by atoms with Crippen molar-refractivity contribution in [3.05, 3.63) is 58.0 Å². The molecule has 1 heterocycles. The molecule has 94 valence electrons. The molecule has 7 heteroatoms. The van der Waals surface area contributed by atoms with Crippen LogP contribution < -0.4 is 5.32 Å². The largest absolute Gasteiger partial charge is 0.467 e. The zero-order chi connectivity index (χ0) is 13.1. The minimum atomic E-state index is -1.21. The van der Waals surface area contributed by atoms with Gasteiger partial charge in [-0.2, -0.15) is 4.39 Å². The lowest BCUT2D eigenvalue weighted by Crippen LogP contribution is -2.03. The predicted molar refractivity (Wildman–Crippen MR) is 59.0 cm³/mol. The summed E-state index contributed by atoms with van der Waals surface area (Å²) in [6.07, 6.45) is 1.44. The monoisotopic (exact) mass is 254 g/mol. The number of nitrogens with zero attached hydrogens (tertiary/aromatic N) is 1. The van der Waals surface area contributed by atoms with Crippen LogP contribution in [0.1, 0.15) is 5.76 Å². The lowest BCUT2D eigenvalue weighted by Gasteiger charge is -2.06. The summed E-state index contributed by atoms with van der Waals surface area (Å²) in [6, 6.07) is 4.60. The average molecular weight is 254 g/mol. The fourth-order valence-electron chi connectivity index (χ4n) is 1.41. The second-order valence-corrected chi connectivity index (χ2v) is 3.47. The van der Waals surface area contributed by atoms with Gasteiger partial charge in [0.05, 0.1) is 23.4 Å². The maximum atomic E-state index is 13.4. The molecule has 0 aliphatic rings. The molecule has 0 radical (unpaired) electrons. The normalized spacial score (nSPS) is 10.3. The molecule has 1 aromatic carbocycles. The Kier molecular flexibility index (Phi) is 3.22. The molecule has 0 fully saturated rings. The molecule has 1 aromatic heterocycles. The maximum absolute atomic E-state index is 13.4. The standard InChI is InChI=1S/C11H8F2N2O3/c12-8-4-9(13)11(15(16)17)5-10(8)14-6-7-2-1-3-18-7/h1-5,14H,6H2. The molecule has 2 rings (SSSR count). The topological polar surface area (TPSA) is 68.3 Å². The molecule has 0 saturated heterocycles. The molecule has 0 saturated carbocycles. The van der Waals surface area contributed by atoms with E-state index < -0.39 is 22.2 Å². The molecule has 0 unspecified atom stereocenters. The van der Waals surface area contributed by atoms with Gasteiger partial charge >= 0.3 is 5.69 Å². The summed E-state index contributed by atoms with van der Waals surface area (Å²) in [4.78, 5) is 9.61. The van der Waals surface area contributed by atoms with Crippen molar-refractivity contribution in [3.63, 3.8) is 0 Å². The molecule has 2 aromatic rings. The van der Waals surface area contributed by atoms with Gasteiger partial charge in [-0.05, 0) is 12.1 Å². The first kappa shape index (κ1) is 12.0. The van der Waals surface area contributed by atoms with Crippen LogP contribution in [0.2, 0.25) is 0 Å². The Morgan fingerprint density at radius 1 is 1.33 bits per heavy atom. The number of halogens is 2. The summed E-state index contributed by atoms with van der Waals surface area (Å²) in [5.41, 5.74) is -0.933. The lowest BCUT2D eigenvalue weighted by atomic mass is 10.2. The van der Waals surface area contributed by atoms with Gasteiger partial charge < -0.3 is 9.73 Å². The van der Waals surface area contributed by atoms with Gasteiger partial charge in [0.2, 0.25) is 5.82 Å². The summed E-state index contributed by atoms with van der Waals surface area (Å²) in [7, 11) is 0. The lowest BCUT2D eigenvalue weighted by molar-refractivity contribution is -0.387. The van der Waals surface area contributed by atoms with Gasteiger partial charge in [0.15, 0.2) is 0 Å². The number of furan rings is 1. The van der Waals surface area contributed by atoms with E-state index >= 15 is 0 Å². The third-order valence-electron chi connectivity index (χ3n) is 2.27. The molecule has 0 atom stereocenters. The number of rotatable bonds is 4. The van der Waals surface area contributed by atoms with Crippen molar-refractivity contribution in [2.75, 3.05) is 5.32 Å². The summed E-state index contributed by atoms with van der Waals surface area (Å²) in [5, 5.41) is 13.1. The van der Waals surface area contributed by atoms with Gasteiger partial charge in [0, 0.05) is 12.1 Å². The van der Waals surface area contributed by atoms with Crippen LogP contribution in [0.4, 0.5) is 20.2 Å². The SMILES string of the molecule is O=[N+]([O-])c1cc(NCc2ccco2)c(F)cc1F. The molecule has 1 N–H and O–H groups in total. The van der Waals surface area contributed by atoms with Crippen molar-refractivity contribution in [1.29, 1.82) is 0 Å². The second-order valence-electron chi connectivity index (χ2n) is 3.47. The Bertz CT molecular complexity index is 570. The van der Waals surface area contributed by atoms with Crippen LogP contribution >= 0.6 is 0 Å². The number of hydrogen-bond donors (Lipinski definition) is 1. The molecule has 0 aliphatic carbocycles. The molecule has 0 bridgehead atoms. The van der Waals surface area contributed by atoms with Crippen molar-refractivity contribution < 1.29 is 18.1 Å². The van der Waals surface area contributed by atoms with E-state index in [0.29, 0.717) is 11.8 Å². The van der Waals surface area contributed by atoms with Crippen LogP contribution in [0.5, 0.6) is 0 Å². The minimum Gasteiger partial charge on any atom is -0.467 e. The molecule has 0 spiro atoms. The van der Waals surface area contributed by atoms with E-state index in [1.54, 1.807) is 12.1 Å². The highest BCUT2D eigenvalue weighted by Gasteiger charge is 2.18. The Labute approximate surface area is 100 Å². The van der Waals surface area contributed by atoms with E-state index in [1.165, 1.54) is 6.26 Å². The Morgan fingerprint density at radius 3 is 2.72 bits per heavy atom. The average Bonchev–Trinajstić information content (AvgIpc) is 2.80. The van der Waals surface area contributed by atoms with Crippen molar-refractivity contribution >= 4 is 11.4 Å². The Hall–Kier alpha value is -2.44. The number of nitro benzene ring substituents is 1. The van der Waals surface area contributed by atoms with Crippen LogP contribution in [0.15, 0.2) is 34.9 Å². The van der Waals surface area contributed by atoms with Crippen LogP contribution in [-0.4, -0.2) is 4.92 Å². The number of nitrogens with one attached hydrogen (secondary N) is 1. The third-order valence-corrected chi connectivity index (χ3v) is 2.27. The van der Waals surface area contributed by atoms with E-state index in [9.17, 15) is 18.9 Å². The highest BCUT2D eigenvalue weighted by Crippen LogP contribution is 2.25. The molecular weight excluding hydrogens is 246 g/mol. The van der Waals surface area contributed by atoms with Crippen molar-refractivity contribution in [1.82, 2.24) is 0 Å². The van der Waals surface area contributed by atoms with E-state index in [-0.39, 0.29) is 12.2 Å². The summed E-state index contributed by atoms with van der Waals surface area (Å²) < 4.78 is 31.4. The first-order chi connectivity index (χ1) is 8.58. The van der Waals surface area contributed by atoms with Gasteiger partial charge in [-0.1, -0.05) is 0 Å². The molecule has 18 heavy (non-hydrogen) atoms. The zero-order valence-corrected chi connectivity index (χ0v) is 9.02. The van der Waals surface area contributed by atoms with Gasteiger partial charge in [-0.15, -0.1) is 0 Å². The number of hydrogen-bond acceptors (Lipinski definition) is 4. The Morgan fingerprint density at radius 2 is 2.11 bits per heavy atom. The number of benzene rings is 1. The summed E-state index contributed by atoms with van der Waals surface area (Å²) in [6.45, 7) is 0.146. The zero-order valence-electron chi connectivity index (χ0n) is 9.02. The van der Waals surface area contributed by atoms with Crippen LogP contribution in [0.25, 0.3) is 0 Å². The third kappa shape index (κ3) is 2.45. The highest BCUT2D eigenvalue weighted by atomic mass is 19.1. The van der Waals surface area contributed by atoms with Gasteiger partial charge in [0.1, 0.15) is 11.6 Å². The number of nitro groups is 1. The van der Waals surface area contributed by atoms with E-state index in [4.69, 9.17) is 4.42 Å². The molecule has 0 amide bonds. The van der Waals surface area contributed by atoms with E-state index in [2.05, 4.69) is 5.32 Å². The molecular formula is C11H8F2N2O3. The fraction of sp³-hybridized carbons (Fsp3) is 0.0909. The smallest absolute Gasteiger partial charge is 0.307 e. The quantitative estimate of drug-likeness (QED) is 0.672. The van der Waals surface area contributed by atoms with E-state index in [1.807, 2.05) is 0 Å². The fourth-order valence-corrected chi connectivity index (χ4v) is 1.41. The van der Waals surface area contributed by atoms with Crippen LogP contribution in [0, 0.1) is 21.7 Å². The minimum absolute atomic E-state index is 0.146. The van der Waals surface area contributed by atoms with Crippen molar-refractivity contribution in [2.24, 2.45) is 0 Å². The van der Waals surface area contributed by atoms with Crippen molar-refractivity contribution in [3.8, 4) is 0 Å². The van der Waals surface area contributed by atoms with Crippen molar-refractivity contribution in [2.45, 2.75) is 6.54 Å². The maximum Gasteiger partial charge on any atom is 0.307 e. The first-order valence-corrected chi connectivity index (χ1v) is 4.97. The van der Waals surface area contributed by atoms with Gasteiger partial charge in [0.25, 0.3) is 0 Å². The highest BCUT2D eigenvalue weighted by molar-refractivity contribution is 5.53. The predicted octanol–water partition coefficient (Wildman–Crippen LogP) is 3.08.